The maximum absolute atomic E-state index is 13.1. The summed E-state index contributed by atoms with van der Waals surface area (Å²) in [5.41, 5.74) is 0. The first kappa shape index (κ1) is 8.91. The molecule has 3 atom stereocenters. The summed E-state index contributed by atoms with van der Waals surface area (Å²) in [6, 6.07) is 0. The Balaban J connectivity index is 2.52. The highest BCUT2D eigenvalue weighted by atomic mass is 19.2. The van der Waals surface area contributed by atoms with Gasteiger partial charge in [-0.05, 0) is 19.4 Å². The van der Waals surface area contributed by atoms with Crippen LogP contribution in [0.4, 0.5) is 8.78 Å². The van der Waals surface area contributed by atoms with Crippen LogP contribution in [0.5, 0.6) is 0 Å². The lowest BCUT2D eigenvalue weighted by Crippen LogP contribution is -2.45. The van der Waals surface area contributed by atoms with Crippen molar-refractivity contribution in [3.05, 3.63) is 0 Å². The van der Waals surface area contributed by atoms with Crippen molar-refractivity contribution in [3.63, 3.8) is 0 Å². The number of halogens is 2. The summed E-state index contributed by atoms with van der Waals surface area (Å²) in [6.45, 7) is 2.59. The first-order valence-corrected chi connectivity index (χ1v) is 4.15. The third-order valence-corrected chi connectivity index (χ3v) is 2.51. The van der Waals surface area contributed by atoms with Gasteiger partial charge in [0, 0.05) is 6.54 Å². The van der Waals surface area contributed by atoms with Crippen molar-refractivity contribution in [2.45, 2.75) is 32.2 Å². The Bertz CT molecular complexity index is 127. The second kappa shape index (κ2) is 3.48. The molecule has 0 saturated carbocycles. The Morgan fingerprint density at radius 1 is 1.45 bits per heavy atom. The van der Waals surface area contributed by atoms with Crippen LogP contribution >= 0.6 is 0 Å². The van der Waals surface area contributed by atoms with Gasteiger partial charge in [-0.2, -0.15) is 0 Å². The molecule has 0 amide bonds. The quantitative estimate of drug-likeness (QED) is 0.534. The maximum atomic E-state index is 13.1. The molecule has 1 saturated heterocycles. The number of likely N-dealkylation sites (tertiary alicyclic amines) is 1. The number of alkyl halides is 2. The lowest BCUT2D eigenvalue weighted by Gasteiger charge is -2.34. The number of rotatable bonds is 1. The van der Waals surface area contributed by atoms with Gasteiger partial charge in [0.05, 0.1) is 0 Å². The van der Waals surface area contributed by atoms with Crippen molar-refractivity contribution in [1.82, 2.24) is 4.90 Å². The highest BCUT2D eigenvalue weighted by Gasteiger charge is 2.35. The van der Waals surface area contributed by atoms with Gasteiger partial charge in [0.15, 0.2) is 6.30 Å². The van der Waals surface area contributed by atoms with Gasteiger partial charge in [0.1, 0.15) is 6.17 Å². The molecule has 0 bridgehead atoms. The molecular formula is C8H15F2N. The zero-order valence-corrected chi connectivity index (χ0v) is 7.06. The lowest BCUT2D eigenvalue weighted by molar-refractivity contribution is -0.0365. The van der Waals surface area contributed by atoms with Gasteiger partial charge in [-0.15, -0.1) is 0 Å². The molecule has 66 valence electrons. The zero-order chi connectivity index (χ0) is 8.43. The van der Waals surface area contributed by atoms with Crippen LogP contribution < -0.4 is 0 Å². The summed E-state index contributed by atoms with van der Waals surface area (Å²) < 4.78 is 26.0. The molecule has 0 N–H and O–H groups in total. The molecule has 3 unspecified atom stereocenters. The molecule has 1 fully saturated rings. The van der Waals surface area contributed by atoms with Gasteiger partial charge in [-0.25, -0.2) is 8.78 Å². The summed E-state index contributed by atoms with van der Waals surface area (Å²) in [7, 11) is 1.63. The predicted octanol–water partition coefficient (Wildman–Crippen LogP) is 1.98. The minimum absolute atomic E-state index is 0.0683. The molecule has 0 aromatic carbocycles. The van der Waals surface area contributed by atoms with E-state index in [1.165, 1.54) is 4.90 Å². The van der Waals surface area contributed by atoms with E-state index < -0.39 is 12.5 Å². The summed E-state index contributed by atoms with van der Waals surface area (Å²) in [5.74, 6) is -0.0683. The minimum Gasteiger partial charge on any atom is -0.275 e. The van der Waals surface area contributed by atoms with Crippen LogP contribution in [0.2, 0.25) is 0 Å². The van der Waals surface area contributed by atoms with Gasteiger partial charge in [-0.1, -0.05) is 13.3 Å². The Morgan fingerprint density at radius 3 is 2.64 bits per heavy atom. The van der Waals surface area contributed by atoms with Crippen molar-refractivity contribution < 1.29 is 8.78 Å². The number of hydrogen-bond donors (Lipinski definition) is 0. The molecule has 1 heterocycles. The number of piperidine rings is 1. The van der Waals surface area contributed by atoms with Crippen molar-refractivity contribution >= 4 is 0 Å². The van der Waals surface area contributed by atoms with Gasteiger partial charge in [-0.3, -0.25) is 4.90 Å². The summed E-state index contributed by atoms with van der Waals surface area (Å²) in [6.07, 6.45) is -1.13. The van der Waals surface area contributed by atoms with E-state index in [0.29, 0.717) is 6.54 Å². The van der Waals surface area contributed by atoms with Crippen LogP contribution in [-0.4, -0.2) is 31.0 Å². The third-order valence-electron chi connectivity index (χ3n) is 2.51. The standard InChI is InChI=1S/C8H15F2N/c1-3-6-4-5-11(2)8(10)7(6)9/h6-8H,3-5H2,1-2H3. The van der Waals surface area contributed by atoms with E-state index in [0.717, 1.165) is 12.8 Å². The molecule has 0 aromatic rings. The van der Waals surface area contributed by atoms with Crippen molar-refractivity contribution in [2.75, 3.05) is 13.6 Å². The van der Waals surface area contributed by atoms with Crippen LogP contribution in [-0.2, 0) is 0 Å². The van der Waals surface area contributed by atoms with Crippen LogP contribution in [0.3, 0.4) is 0 Å². The van der Waals surface area contributed by atoms with Crippen LogP contribution in [0.15, 0.2) is 0 Å². The normalized spacial score (nSPS) is 40.9. The second-order valence-electron chi connectivity index (χ2n) is 3.25. The highest BCUT2D eigenvalue weighted by molar-refractivity contribution is 4.81. The summed E-state index contributed by atoms with van der Waals surface area (Å²) >= 11 is 0. The number of hydrogen-bond acceptors (Lipinski definition) is 1. The smallest absolute Gasteiger partial charge is 0.185 e. The average Bonchev–Trinajstić information content (AvgIpc) is 2.01. The zero-order valence-electron chi connectivity index (χ0n) is 7.06. The van der Waals surface area contributed by atoms with Crippen LogP contribution in [0.1, 0.15) is 19.8 Å². The second-order valence-corrected chi connectivity index (χ2v) is 3.25. The first-order chi connectivity index (χ1) is 5.16. The molecule has 1 aliphatic heterocycles. The van der Waals surface area contributed by atoms with Gasteiger partial charge >= 0.3 is 0 Å². The van der Waals surface area contributed by atoms with Crippen molar-refractivity contribution in [2.24, 2.45) is 5.92 Å². The third kappa shape index (κ3) is 1.70. The van der Waals surface area contributed by atoms with Gasteiger partial charge in [0.2, 0.25) is 0 Å². The Hall–Kier alpha value is -0.180. The molecule has 0 aliphatic carbocycles. The van der Waals surface area contributed by atoms with E-state index in [9.17, 15) is 8.78 Å². The molecule has 0 spiro atoms. The molecule has 0 radical (unpaired) electrons. The fourth-order valence-corrected chi connectivity index (χ4v) is 1.55. The van der Waals surface area contributed by atoms with E-state index in [2.05, 4.69) is 0 Å². The minimum atomic E-state index is -1.38. The van der Waals surface area contributed by atoms with E-state index in [4.69, 9.17) is 0 Å². The summed E-state index contributed by atoms with van der Waals surface area (Å²) in [5, 5.41) is 0. The molecule has 1 nitrogen and oxygen atoms in total. The molecule has 11 heavy (non-hydrogen) atoms. The van der Waals surface area contributed by atoms with E-state index in [1.807, 2.05) is 6.92 Å². The largest absolute Gasteiger partial charge is 0.275 e. The molecule has 1 aliphatic rings. The number of nitrogens with zero attached hydrogens (tertiary/aromatic N) is 1. The maximum Gasteiger partial charge on any atom is 0.185 e. The van der Waals surface area contributed by atoms with E-state index in [-0.39, 0.29) is 5.92 Å². The monoisotopic (exact) mass is 163 g/mol. The fourth-order valence-electron chi connectivity index (χ4n) is 1.55. The molecular weight excluding hydrogens is 148 g/mol. The van der Waals surface area contributed by atoms with E-state index in [1.54, 1.807) is 7.05 Å². The predicted molar refractivity (Wildman–Crippen MR) is 40.8 cm³/mol. The summed E-state index contributed by atoms with van der Waals surface area (Å²) in [4.78, 5) is 1.44. The average molecular weight is 163 g/mol. The highest BCUT2D eigenvalue weighted by Crippen LogP contribution is 2.27. The fraction of sp³-hybridized carbons (Fsp3) is 1.00. The van der Waals surface area contributed by atoms with Crippen LogP contribution in [0, 0.1) is 5.92 Å². The Morgan fingerprint density at radius 2 is 2.09 bits per heavy atom. The van der Waals surface area contributed by atoms with Gasteiger partial charge in [0.25, 0.3) is 0 Å². The van der Waals surface area contributed by atoms with E-state index >= 15 is 0 Å². The molecule has 1 rings (SSSR count). The SMILES string of the molecule is CCC1CCN(C)C(F)C1F. The lowest BCUT2D eigenvalue weighted by atomic mass is 9.92. The topological polar surface area (TPSA) is 3.24 Å². The van der Waals surface area contributed by atoms with Gasteiger partial charge < -0.3 is 0 Å². The van der Waals surface area contributed by atoms with Crippen LogP contribution in [0.25, 0.3) is 0 Å². The Labute approximate surface area is 66.4 Å². The van der Waals surface area contributed by atoms with Crippen molar-refractivity contribution in [1.29, 1.82) is 0 Å². The molecule has 3 heteroatoms. The molecule has 0 aromatic heterocycles. The Kier molecular flexibility index (Phi) is 2.82. The first-order valence-electron chi connectivity index (χ1n) is 4.15. The van der Waals surface area contributed by atoms with Crippen molar-refractivity contribution in [3.8, 4) is 0 Å².